The second kappa shape index (κ2) is 8.49. The van der Waals surface area contributed by atoms with Crippen LogP contribution in [-0.4, -0.2) is 25.7 Å². The second-order valence-corrected chi connectivity index (χ2v) is 7.00. The summed E-state index contributed by atoms with van der Waals surface area (Å²) in [7, 11) is 1.56. The third kappa shape index (κ3) is 4.94. The van der Waals surface area contributed by atoms with Crippen molar-refractivity contribution < 1.29 is 23.0 Å². The highest BCUT2D eigenvalue weighted by atomic mass is 79.9. The lowest BCUT2D eigenvalue weighted by Gasteiger charge is -2.22. The molecule has 140 valence electrons. The van der Waals surface area contributed by atoms with Gasteiger partial charge in [0.25, 0.3) is 0 Å². The Hall–Kier alpha value is -2.15. The quantitative estimate of drug-likeness (QED) is 0.598. The third-order valence-electron chi connectivity index (χ3n) is 3.49. The van der Waals surface area contributed by atoms with E-state index in [4.69, 9.17) is 9.47 Å². The van der Waals surface area contributed by atoms with E-state index in [1.54, 1.807) is 33.0 Å². The summed E-state index contributed by atoms with van der Waals surface area (Å²) in [4.78, 5) is 13.0. The molecule has 2 aromatic carbocycles. The molecule has 0 heterocycles. The van der Waals surface area contributed by atoms with Crippen LogP contribution in [0.25, 0.3) is 0 Å². The van der Waals surface area contributed by atoms with E-state index < -0.39 is 24.2 Å². The average Bonchev–Trinajstić information content (AvgIpc) is 2.52. The fraction of sp³-hybridized carbons (Fsp3) is 0.316. The first-order valence-corrected chi connectivity index (χ1v) is 8.79. The lowest BCUT2D eigenvalue weighted by Crippen LogP contribution is -2.20. The largest absolute Gasteiger partial charge is 0.479 e. The predicted octanol–water partition coefficient (Wildman–Crippen LogP) is 5.13. The number of anilines is 2. The van der Waals surface area contributed by atoms with Gasteiger partial charge in [-0.05, 0) is 56.7 Å². The smallest absolute Gasteiger partial charge is 0.344 e. The SMILES string of the molecule is Cc1cc(Br)cc(N(C)c2c(F)ccc(OCC(=O)OC(C)C)c2F)c1. The predicted molar refractivity (Wildman–Crippen MR) is 100 cm³/mol. The van der Waals surface area contributed by atoms with Crippen LogP contribution in [0.1, 0.15) is 19.4 Å². The average molecular weight is 428 g/mol. The topological polar surface area (TPSA) is 38.8 Å². The number of nitrogens with zero attached hydrogens (tertiary/aromatic N) is 1. The number of halogens is 3. The highest BCUT2D eigenvalue weighted by molar-refractivity contribution is 9.10. The van der Waals surface area contributed by atoms with E-state index >= 15 is 0 Å². The molecule has 0 amide bonds. The van der Waals surface area contributed by atoms with Gasteiger partial charge >= 0.3 is 5.97 Å². The maximum atomic E-state index is 14.8. The fourth-order valence-corrected chi connectivity index (χ4v) is 3.01. The molecule has 0 aliphatic heterocycles. The Morgan fingerprint density at radius 1 is 1.23 bits per heavy atom. The monoisotopic (exact) mass is 427 g/mol. The third-order valence-corrected chi connectivity index (χ3v) is 3.95. The molecule has 0 N–H and O–H groups in total. The first-order chi connectivity index (χ1) is 12.2. The number of hydrogen-bond acceptors (Lipinski definition) is 4. The number of carbonyl (C=O) groups excluding carboxylic acids is 1. The van der Waals surface area contributed by atoms with Crippen LogP contribution in [0.2, 0.25) is 0 Å². The van der Waals surface area contributed by atoms with Gasteiger partial charge in [0.2, 0.25) is 0 Å². The van der Waals surface area contributed by atoms with E-state index in [0.29, 0.717) is 5.69 Å². The van der Waals surface area contributed by atoms with Crippen LogP contribution in [-0.2, 0) is 9.53 Å². The number of esters is 1. The molecule has 0 fully saturated rings. The molecule has 26 heavy (non-hydrogen) atoms. The Balaban J connectivity index is 2.30. The lowest BCUT2D eigenvalue weighted by atomic mass is 10.2. The van der Waals surface area contributed by atoms with Gasteiger partial charge in [-0.3, -0.25) is 0 Å². The Kier molecular flexibility index (Phi) is 6.58. The number of carbonyl (C=O) groups is 1. The van der Waals surface area contributed by atoms with Crippen LogP contribution in [0.15, 0.2) is 34.8 Å². The zero-order valence-corrected chi connectivity index (χ0v) is 16.6. The summed E-state index contributed by atoms with van der Waals surface area (Å²) in [5, 5.41) is 0. The Labute approximate surface area is 159 Å². The number of rotatable bonds is 6. The number of hydrogen-bond donors (Lipinski definition) is 0. The number of benzene rings is 2. The molecule has 0 aliphatic carbocycles. The zero-order valence-electron chi connectivity index (χ0n) is 15.0. The highest BCUT2D eigenvalue weighted by Crippen LogP contribution is 2.35. The molecule has 0 saturated carbocycles. The molecule has 0 radical (unpaired) electrons. The van der Waals surface area contributed by atoms with Crippen molar-refractivity contribution in [2.45, 2.75) is 26.9 Å². The highest BCUT2D eigenvalue weighted by Gasteiger charge is 2.21. The van der Waals surface area contributed by atoms with E-state index in [-0.39, 0.29) is 17.5 Å². The summed E-state index contributed by atoms with van der Waals surface area (Å²) in [6, 6.07) is 7.69. The van der Waals surface area contributed by atoms with Crippen LogP contribution in [0.3, 0.4) is 0 Å². The fourth-order valence-electron chi connectivity index (χ4n) is 2.41. The minimum atomic E-state index is -0.887. The molecule has 2 rings (SSSR count). The number of aryl methyl sites for hydroxylation is 1. The molecule has 0 aliphatic rings. The van der Waals surface area contributed by atoms with Crippen molar-refractivity contribution in [3.63, 3.8) is 0 Å². The summed E-state index contributed by atoms with van der Waals surface area (Å²) in [6.07, 6.45) is -0.300. The van der Waals surface area contributed by atoms with Gasteiger partial charge < -0.3 is 14.4 Å². The second-order valence-electron chi connectivity index (χ2n) is 6.08. The van der Waals surface area contributed by atoms with Crippen molar-refractivity contribution in [3.05, 3.63) is 52.0 Å². The molecule has 0 atom stereocenters. The molecule has 0 bridgehead atoms. The van der Waals surface area contributed by atoms with E-state index in [0.717, 1.165) is 22.2 Å². The van der Waals surface area contributed by atoms with Crippen LogP contribution in [0.4, 0.5) is 20.2 Å². The summed E-state index contributed by atoms with van der Waals surface area (Å²) in [6.45, 7) is 4.82. The summed E-state index contributed by atoms with van der Waals surface area (Å²) < 4.78 is 40.0. The van der Waals surface area contributed by atoms with Gasteiger partial charge in [0, 0.05) is 17.2 Å². The molecular weight excluding hydrogens is 408 g/mol. The maximum absolute atomic E-state index is 14.8. The molecule has 2 aromatic rings. The molecule has 0 saturated heterocycles. The minimum absolute atomic E-state index is 0.222. The van der Waals surface area contributed by atoms with E-state index in [1.807, 2.05) is 13.0 Å². The molecule has 7 heteroatoms. The van der Waals surface area contributed by atoms with E-state index in [2.05, 4.69) is 15.9 Å². The molecule has 0 unspecified atom stereocenters. The van der Waals surface area contributed by atoms with Crippen molar-refractivity contribution in [2.24, 2.45) is 0 Å². The maximum Gasteiger partial charge on any atom is 0.344 e. The molecule has 4 nitrogen and oxygen atoms in total. The van der Waals surface area contributed by atoms with Gasteiger partial charge in [-0.25, -0.2) is 13.6 Å². The summed E-state index contributed by atoms with van der Waals surface area (Å²) >= 11 is 3.38. The van der Waals surface area contributed by atoms with Crippen molar-refractivity contribution in [3.8, 4) is 5.75 Å². The number of ether oxygens (including phenoxy) is 2. The van der Waals surface area contributed by atoms with Gasteiger partial charge in [-0.15, -0.1) is 0 Å². The first-order valence-electron chi connectivity index (χ1n) is 8.00. The van der Waals surface area contributed by atoms with Gasteiger partial charge in [-0.2, -0.15) is 0 Å². The van der Waals surface area contributed by atoms with Gasteiger partial charge in [0.1, 0.15) is 11.5 Å². The molecule has 0 aromatic heterocycles. The van der Waals surface area contributed by atoms with Crippen LogP contribution >= 0.6 is 15.9 Å². The summed E-state index contributed by atoms with van der Waals surface area (Å²) in [5.74, 6) is -2.47. The van der Waals surface area contributed by atoms with Crippen LogP contribution in [0, 0.1) is 18.6 Å². The Morgan fingerprint density at radius 3 is 2.54 bits per heavy atom. The van der Waals surface area contributed by atoms with Gasteiger partial charge in [-0.1, -0.05) is 15.9 Å². The van der Waals surface area contributed by atoms with Crippen molar-refractivity contribution in [1.29, 1.82) is 0 Å². The lowest BCUT2D eigenvalue weighted by molar-refractivity contribution is -0.149. The first kappa shape index (κ1) is 20.2. The normalized spacial score (nSPS) is 10.8. The van der Waals surface area contributed by atoms with E-state index in [9.17, 15) is 13.6 Å². The standard InChI is InChI=1S/C19H20BrF2NO3/c1-11(2)26-17(24)10-25-16-6-5-15(21)19(18(16)22)23(4)14-8-12(3)7-13(20)9-14/h5-9,11H,10H2,1-4H3. The summed E-state index contributed by atoms with van der Waals surface area (Å²) in [5.41, 5.74) is 1.27. The Bertz CT molecular complexity index is 791. The van der Waals surface area contributed by atoms with Gasteiger partial charge in [0.05, 0.1) is 6.10 Å². The molecular formula is C19H20BrF2NO3. The Morgan fingerprint density at radius 2 is 1.92 bits per heavy atom. The zero-order chi connectivity index (χ0) is 19.4. The molecule has 0 spiro atoms. The van der Waals surface area contributed by atoms with Crippen molar-refractivity contribution in [1.82, 2.24) is 0 Å². The van der Waals surface area contributed by atoms with Crippen molar-refractivity contribution in [2.75, 3.05) is 18.6 Å². The van der Waals surface area contributed by atoms with Crippen LogP contribution in [0.5, 0.6) is 5.75 Å². The van der Waals surface area contributed by atoms with E-state index in [1.165, 1.54) is 4.90 Å². The minimum Gasteiger partial charge on any atom is -0.479 e. The van der Waals surface area contributed by atoms with Gasteiger partial charge in [0.15, 0.2) is 18.2 Å². The van der Waals surface area contributed by atoms with Crippen molar-refractivity contribution >= 4 is 33.3 Å². The van der Waals surface area contributed by atoms with Crippen LogP contribution < -0.4 is 9.64 Å².